The molecule has 0 saturated heterocycles. The highest BCUT2D eigenvalue weighted by atomic mass is 19.1. The van der Waals surface area contributed by atoms with Gasteiger partial charge in [-0.05, 0) is 43.2 Å². The number of hydrogen-bond acceptors (Lipinski definition) is 2. The fraction of sp³-hybridized carbons (Fsp3) is 0.188. The lowest BCUT2D eigenvalue weighted by Crippen LogP contribution is -2.20. The molecule has 4 heteroatoms. The van der Waals surface area contributed by atoms with Gasteiger partial charge in [-0.1, -0.05) is 24.3 Å². The van der Waals surface area contributed by atoms with E-state index in [1.54, 1.807) is 6.07 Å². The number of benzene rings is 2. The molecule has 1 amide bonds. The Kier molecular flexibility index (Phi) is 4.35. The van der Waals surface area contributed by atoms with Crippen LogP contribution < -0.4 is 10.1 Å². The summed E-state index contributed by atoms with van der Waals surface area (Å²) in [6.45, 7) is 3.74. The Hall–Kier alpha value is -2.36. The first-order valence-electron chi connectivity index (χ1n) is 6.30. The van der Waals surface area contributed by atoms with E-state index < -0.39 is 5.82 Å². The summed E-state index contributed by atoms with van der Waals surface area (Å²) in [6, 6.07) is 11.5. The van der Waals surface area contributed by atoms with Crippen LogP contribution in [0.3, 0.4) is 0 Å². The summed E-state index contributed by atoms with van der Waals surface area (Å²) in [6.07, 6.45) is 0. The zero-order chi connectivity index (χ0) is 14.5. The molecular weight excluding hydrogens is 257 g/mol. The van der Waals surface area contributed by atoms with E-state index >= 15 is 0 Å². The van der Waals surface area contributed by atoms with Gasteiger partial charge in [-0.15, -0.1) is 0 Å². The number of aryl methyl sites for hydroxylation is 2. The third kappa shape index (κ3) is 3.57. The number of ether oxygens (including phenoxy) is 1. The highest BCUT2D eigenvalue weighted by Crippen LogP contribution is 2.22. The van der Waals surface area contributed by atoms with Crippen LogP contribution in [0.4, 0.5) is 10.1 Å². The van der Waals surface area contributed by atoms with Gasteiger partial charge in [0.2, 0.25) is 0 Å². The fourth-order valence-electron chi connectivity index (χ4n) is 1.93. The van der Waals surface area contributed by atoms with Gasteiger partial charge in [0.1, 0.15) is 11.6 Å². The van der Waals surface area contributed by atoms with Gasteiger partial charge in [-0.3, -0.25) is 4.79 Å². The molecule has 0 bridgehead atoms. The summed E-state index contributed by atoms with van der Waals surface area (Å²) in [7, 11) is 0. The molecule has 0 radical (unpaired) electrons. The topological polar surface area (TPSA) is 38.3 Å². The van der Waals surface area contributed by atoms with Crippen LogP contribution in [-0.4, -0.2) is 12.5 Å². The second-order valence-electron chi connectivity index (χ2n) is 4.57. The van der Waals surface area contributed by atoms with Gasteiger partial charge in [0.05, 0.1) is 0 Å². The van der Waals surface area contributed by atoms with Gasteiger partial charge in [0.15, 0.2) is 6.61 Å². The number of nitrogens with one attached hydrogen (secondary N) is 1. The highest BCUT2D eigenvalue weighted by molar-refractivity contribution is 5.91. The lowest BCUT2D eigenvalue weighted by atomic mass is 10.1. The number of rotatable bonds is 4. The highest BCUT2D eigenvalue weighted by Gasteiger charge is 2.07. The molecule has 3 nitrogen and oxygen atoms in total. The summed E-state index contributed by atoms with van der Waals surface area (Å²) < 4.78 is 18.5. The van der Waals surface area contributed by atoms with Crippen LogP contribution in [0.1, 0.15) is 11.1 Å². The average molecular weight is 273 g/mol. The maximum Gasteiger partial charge on any atom is 0.262 e. The third-order valence-corrected chi connectivity index (χ3v) is 2.86. The fourth-order valence-corrected chi connectivity index (χ4v) is 1.93. The maximum absolute atomic E-state index is 13.0. The molecule has 0 unspecified atom stereocenters. The van der Waals surface area contributed by atoms with Crippen LogP contribution in [0.2, 0.25) is 0 Å². The first-order valence-corrected chi connectivity index (χ1v) is 6.30. The number of para-hydroxylation sites is 1. The minimum Gasteiger partial charge on any atom is -0.483 e. The van der Waals surface area contributed by atoms with Crippen molar-refractivity contribution in [1.82, 2.24) is 0 Å². The Morgan fingerprint density at radius 1 is 1.15 bits per heavy atom. The first-order chi connectivity index (χ1) is 9.56. The molecule has 0 aliphatic rings. The van der Waals surface area contributed by atoms with Crippen LogP contribution in [-0.2, 0) is 4.79 Å². The molecule has 0 atom stereocenters. The monoisotopic (exact) mass is 273 g/mol. The van der Waals surface area contributed by atoms with Crippen LogP contribution in [0.5, 0.6) is 5.75 Å². The molecule has 0 spiro atoms. The molecular formula is C16H16FNO2. The molecule has 2 aromatic rings. The molecule has 0 aromatic heterocycles. The molecule has 0 aliphatic carbocycles. The van der Waals surface area contributed by atoms with Crippen LogP contribution >= 0.6 is 0 Å². The van der Waals surface area contributed by atoms with Crippen molar-refractivity contribution in [2.45, 2.75) is 13.8 Å². The number of amides is 1. The smallest absolute Gasteiger partial charge is 0.262 e. The van der Waals surface area contributed by atoms with Crippen molar-refractivity contribution in [3.05, 3.63) is 59.4 Å². The SMILES string of the molecule is Cc1cccc(C)c1OCC(=O)Nc1cccc(F)c1. The van der Waals surface area contributed by atoms with E-state index in [4.69, 9.17) is 4.74 Å². The van der Waals surface area contributed by atoms with E-state index in [0.29, 0.717) is 11.4 Å². The number of halogens is 1. The summed E-state index contributed by atoms with van der Waals surface area (Å²) >= 11 is 0. The molecule has 0 heterocycles. The summed E-state index contributed by atoms with van der Waals surface area (Å²) in [5.74, 6) is -0.00129. The summed E-state index contributed by atoms with van der Waals surface area (Å²) in [5, 5.41) is 2.59. The average Bonchev–Trinajstić information content (AvgIpc) is 2.38. The number of hydrogen-bond donors (Lipinski definition) is 1. The van der Waals surface area contributed by atoms with Crippen molar-refractivity contribution < 1.29 is 13.9 Å². The van der Waals surface area contributed by atoms with Gasteiger partial charge in [0, 0.05) is 5.69 Å². The second-order valence-corrected chi connectivity index (χ2v) is 4.57. The number of anilines is 1. The van der Waals surface area contributed by atoms with Gasteiger partial charge in [-0.2, -0.15) is 0 Å². The molecule has 20 heavy (non-hydrogen) atoms. The van der Waals surface area contributed by atoms with E-state index in [-0.39, 0.29) is 12.5 Å². The van der Waals surface area contributed by atoms with Crippen LogP contribution in [0, 0.1) is 19.7 Å². The predicted molar refractivity (Wildman–Crippen MR) is 76.4 cm³/mol. The van der Waals surface area contributed by atoms with E-state index in [1.807, 2.05) is 32.0 Å². The van der Waals surface area contributed by atoms with Gasteiger partial charge < -0.3 is 10.1 Å². The molecule has 104 valence electrons. The Balaban J connectivity index is 1.96. The third-order valence-electron chi connectivity index (χ3n) is 2.86. The summed E-state index contributed by atoms with van der Waals surface area (Å²) in [4.78, 5) is 11.8. The number of carbonyl (C=O) groups is 1. The van der Waals surface area contributed by atoms with Crippen molar-refractivity contribution >= 4 is 11.6 Å². The zero-order valence-electron chi connectivity index (χ0n) is 11.4. The molecule has 0 aliphatic heterocycles. The molecule has 2 aromatic carbocycles. The Morgan fingerprint density at radius 2 is 1.80 bits per heavy atom. The standard InChI is InChI=1S/C16H16FNO2/c1-11-5-3-6-12(2)16(11)20-10-15(19)18-14-8-4-7-13(17)9-14/h3-9H,10H2,1-2H3,(H,18,19). The lowest BCUT2D eigenvalue weighted by Gasteiger charge is -2.12. The molecule has 0 fully saturated rings. The van der Waals surface area contributed by atoms with Crippen molar-refractivity contribution in [2.24, 2.45) is 0 Å². The van der Waals surface area contributed by atoms with E-state index in [2.05, 4.69) is 5.32 Å². The molecule has 2 rings (SSSR count). The van der Waals surface area contributed by atoms with Crippen molar-refractivity contribution in [2.75, 3.05) is 11.9 Å². The largest absolute Gasteiger partial charge is 0.483 e. The Labute approximate surface area is 117 Å². The quantitative estimate of drug-likeness (QED) is 0.926. The lowest BCUT2D eigenvalue weighted by molar-refractivity contribution is -0.118. The molecule has 1 N–H and O–H groups in total. The van der Waals surface area contributed by atoms with E-state index in [0.717, 1.165) is 11.1 Å². The minimum atomic E-state index is -0.390. The predicted octanol–water partition coefficient (Wildman–Crippen LogP) is 3.46. The van der Waals surface area contributed by atoms with Gasteiger partial charge >= 0.3 is 0 Å². The van der Waals surface area contributed by atoms with Crippen molar-refractivity contribution in [3.8, 4) is 5.75 Å². The van der Waals surface area contributed by atoms with Gasteiger partial charge in [0.25, 0.3) is 5.91 Å². The van der Waals surface area contributed by atoms with Crippen molar-refractivity contribution in [1.29, 1.82) is 0 Å². The van der Waals surface area contributed by atoms with Gasteiger partial charge in [-0.25, -0.2) is 4.39 Å². The van der Waals surface area contributed by atoms with E-state index in [9.17, 15) is 9.18 Å². The maximum atomic E-state index is 13.0. The minimum absolute atomic E-state index is 0.109. The van der Waals surface area contributed by atoms with Crippen molar-refractivity contribution in [3.63, 3.8) is 0 Å². The van der Waals surface area contributed by atoms with Crippen LogP contribution in [0.15, 0.2) is 42.5 Å². The van der Waals surface area contributed by atoms with Crippen LogP contribution in [0.25, 0.3) is 0 Å². The Bertz CT molecular complexity index is 605. The zero-order valence-corrected chi connectivity index (χ0v) is 11.4. The summed E-state index contributed by atoms with van der Waals surface area (Å²) in [5.41, 5.74) is 2.37. The number of carbonyl (C=O) groups excluding carboxylic acids is 1. The van der Waals surface area contributed by atoms with E-state index in [1.165, 1.54) is 18.2 Å². The molecule has 0 saturated carbocycles. The Morgan fingerprint density at radius 3 is 2.45 bits per heavy atom. The second kappa shape index (κ2) is 6.19. The normalized spacial score (nSPS) is 10.2. The first kappa shape index (κ1) is 14.1.